The Bertz CT molecular complexity index is 2830. The standard InChI is InChI=1S/C44H30O3/c1-44(2,3)26-17-21-39-35(23-26)33-19-18-32-34-22-25(16-20-38(34)46-42(32)43(33)47-39)40-28-11-4-6-13-30(28)41(31-14-7-5-12-29(31)40)36-24-45-37-15-9-8-10-27(36)37/h4-24H,1-3H3. The lowest BCUT2D eigenvalue weighted by molar-refractivity contribution is 0.590. The summed E-state index contributed by atoms with van der Waals surface area (Å²) in [6, 6.07) is 43.2. The van der Waals surface area contributed by atoms with Crippen molar-refractivity contribution in [1.29, 1.82) is 0 Å². The van der Waals surface area contributed by atoms with Gasteiger partial charge in [0.1, 0.15) is 16.7 Å². The highest BCUT2D eigenvalue weighted by atomic mass is 16.4. The van der Waals surface area contributed by atoms with Crippen LogP contribution in [0.4, 0.5) is 0 Å². The quantitative estimate of drug-likeness (QED) is 0.184. The number of hydrogen-bond donors (Lipinski definition) is 0. The first-order chi connectivity index (χ1) is 22.9. The minimum absolute atomic E-state index is 0.0521. The van der Waals surface area contributed by atoms with Gasteiger partial charge in [-0.1, -0.05) is 99.6 Å². The minimum Gasteiger partial charge on any atom is -0.464 e. The second-order valence-electron chi connectivity index (χ2n) is 13.7. The average molecular weight is 607 g/mol. The van der Waals surface area contributed by atoms with E-state index >= 15 is 0 Å². The van der Waals surface area contributed by atoms with E-state index in [1.807, 2.05) is 18.4 Å². The van der Waals surface area contributed by atoms with Crippen molar-refractivity contribution in [3.8, 4) is 22.3 Å². The van der Waals surface area contributed by atoms with Gasteiger partial charge in [0.15, 0.2) is 11.2 Å². The van der Waals surface area contributed by atoms with Crippen LogP contribution in [-0.2, 0) is 5.41 Å². The Labute approximate surface area is 270 Å². The third-order valence-corrected chi connectivity index (χ3v) is 9.91. The number of fused-ring (bicyclic) bond motifs is 10. The van der Waals surface area contributed by atoms with Crippen LogP contribution in [-0.4, -0.2) is 0 Å². The van der Waals surface area contributed by atoms with Gasteiger partial charge < -0.3 is 13.3 Å². The van der Waals surface area contributed by atoms with Crippen LogP contribution in [0.3, 0.4) is 0 Å². The summed E-state index contributed by atoms with van der Waals surface area (Å²) in [4.78, 5) is 0. The Kier molecular flexibility index (Phi) is 5.27. The Balaban J connectivity index is 1.24. The molecule has 3 nitrogen and oxygen atoms in total. The third-order valence-electron chi connectivity index (χ3n) is 9.91. The molecule has 7 aromatic carbocycles. The Morgan fingerprint density at radius 1 is 0.426 bits per heavy atom. The largest absolute Gasteiger partial charge is 0.464 e. The maximum absolute atomic E-state index is 6.56. The van der Waals surface area contributed by atoms with Crippen molar-refractivity contribution in [2.75, 3.05) is 0 Å². The van der Waals surface area contributed by atoms with Gasteiger partial charge >= 0.3 is 0 Å². The van der Waals surface area contributed by atoms with Crippen LogP contribution < -0.4 is 0 Å². The Hall–Kier alpha value is -5.80. The zero-order chi connectivity index (χ0) is 31.4. The van der Waals surface area contributed by atoms with Crippen molar-refractivity contribution in [2.24, 2.45) is 0 Å². The molecule has 3 heteroatoms. The lowest BCUT2D eigenvalue weighted by Crippen LogP contribution is -2.10. The van der Waals surface area contributed by atoms with E-state index in [9.17, 15) is 0 Å². The van der Waals surface area contributed by atoms with Crippen molar-refractivity contribution in [3.05, 3.63) is 133 Å². The predicted octanol–water partition coefficient (Wildman–Crippen LogP) is 13.2. The van der Waals surface area contributed by atoms with Gasteiger partial charge in [-0.2, -0.15) is 0 Å². The molecule has 224 valence electrons. The highest BCUT2D eigenvalue weighted by Crippen LogP contribution is 2.47. The molecule has 0 atom stereocenters. The molecule has 0 amide bonds. The third kappa shape index (κ3) is 3.74. The van der Waals surface area contributed by atoms with E-state index < -0.39 is 0 Å². The summed E-state index contributed by atoms with van der Waals surface area (Å²) in [6.07, 6.45) is 1.91. The molecule has 0 aliphatic carbocycles. The molecule has 0 saturated heterocycles. The lowest BCUT2D eigenvalue weighted by Gasteiger charge is -2.18. The van der Waals surface area contributed by atoms with Crippen LogP contribution in [0.25, 0.3) is 98.6 Å². The molecule has 0 radical (unpaired) electrons. The SMILES string of the molecule is CC(C)(C)c1ccc2oc3c(ccc4c5cc(-c6c7ccccc7c(-c7coc8ccccc78)c7ccccc67)ccc5oc43)c2c1. The van der Waals surface area contributed by atoms with E-state index in [1.54, 1.807) is 0 Å². The molecule has 0 saturated carbocycles. The van der Waals surface area contributed by atoms with E-state index in [0.29, 0.717) is 0 Å². The number of hydrogen-bond acceptors (Lipinski definition) is 3. The molecule has 0 bridgehead atoms. The van der Waals surface area contributed by atoms with Crippen molar-refractivity contribution < 1.29 is 13.3 Å². The monoisotopic (exact) mass is 606 g/mol. The fourth-order valence-electron chi connectivity index (χ4n) is 7.59. The van der Waals surface area contributed by atoms with Crippen molar-refractivity contribution in [2.45, 2.75) is 26.2 Å². The molecule has 3 heterocycles. The molecule has 10 rings (SSSR count). The summed E-state index contributed by atoms with van der Waals surface area (Å²) in [7, 11) is 0. The summed E-state index contributed by atoms with van der Waals surface area (Å²) >= 11 is 0. The first kappa shape index (κ1) is 26.4. The van der Waals surface area contributed by atoms with E-state index in [0.717, 1.165) is 66.0 Å². The highest BCUT2D eigenvalue weighted by Gasteiger charge is 2.22. The molecular formula is C44H30O3. The number of para-hydroxylation sites is 1. The predicted molar refractivity (Wildman–Crippen MR) is 195 cm³/mol. The van der Waals surface area contributed by atoms with Crippen LogP contribution in [0.5, 0.6) is 0 Å². The maximum Gasteiger partial charge on any atom is 0.178 e. The van der Waals surface area contributed by atoms with Gasteiger partial charge in [0.25, 0.3) is 0 Å². The maximum atomic E-state index is 6.56. The van der Waals surface area contributed by atoms with Crippen LogP contribution in [0, 0.1) is 0 Å². The summed E-state index contributed by atoms with van der Waals surface area (Å²) in [6.45, 7) is 6.72. The molecule has 0 fully saturated rings. The molecule has 0 spiro atoms. The van der Waals surface area contributed by atoms with Crippen LogP contribution >= 0.6 is 0 Å². The molecule has 0 aliphatic rings. The van der Waals surface area contributed by atoms with Crippen LogP contribution in [0.15, 0.2) is 141 Å². The van der Waals surface area contributed by atoms with Crippen molar-refractivity contribution in [1.82, 2.24) is 0 Å². The van der Waals surface area contributed by atoms with E-state index in [2.05, 4.69) is 130 Å². The average Bonchev–Trinajstić information content (AvgIpc) is 3.79. The van der Waals surface area contributed by atoms with Gasteiger partial charge in [0, 0.05) is 38.1 Å². The normalized spacial score (nSPS) is 12.6. The molecular weight excluding hydrogens is 576 g/mol. The second-order valence-corrected chi connectivity index (χ2v) is 13.7. The number of benzene rings is 7. The van der Waals surface area contributed by atoms with Crippen LogP contribution in [0.2, 0.25) is 0 Å². The zero-order valence-corrected chi connectivity index (χ0v) is 26.3. The number of furan rings is 3. The first-order valence-corrected chi connectivity index (χ1v) is 16.2. The fraction of sp³-hybridized carbons (Fsp3) is 0.0909. The van der Waals surface area contributed by atoms with E-state index in [1.165, 1.54) is 38.2 Å². The van der Waals surface area contributed by atoms with Gasteiger partial charge in [-0.25, -0.2) is 0 Å². The van der Waals surface area contributed by atoms with Crippen molar-refractivity contribution in [3.63, 3.8) is 0 Å². The van der Waals surface area contributed by atoms with Crippen molar-refractivity contribution >= 4 is 76.4 Å². The van der Waals surface area contributed by atoms with E-state index in [-0.39, 0.29) is 5.41 Å². The summed E-state index contributed by atoms with van der Waals surface area (Å²) in [5, 5.41) is 10.3. The molecule has 0 unspecified atom stereocenters. The summed E-state index contributed by atoms with van der Waals surface area (Å²) in [5.74, 6) is 0. The van der Waals surface area contributed by atoms with E-state index in [4.69, 9.17) is 13.3 Å². The van der Waals surface area contributed by atoms with Gasteiger partial charge in [-0.3, -0.25) is 0 Å². The smallest absolute Gasteiger partial charge is 0.178 e. The highest BCUT2D eigenvalue weighted by molar-refractivity contribution is 6.24. The van der Waals surface area contributed by atoms with Gasteiger partial charge in [-0.05, 0) is 86.1 Å². The van der Waals surface area contributed by atoms with Crippen LogP contribution in [0.1, 0.15) is 26.3 Å². The topological polar surface area (TPSA) is 39.4 Å². The Morgan fingerprint density at radius 2 is 0.957 bits per heavy atom. The lowest BCUT2D eigenvalue weighted by atomic mass is 9.85. The Morgan fingerprint density at radius 3 is 1.57 bits per heavy atom. The summed E-state index contributed by atoms with van der Waals surface area (Å²) in [5.41, 5.74) is 10.2. The second kappa shape index (κ2) is 9.37. The molecule has 0 N–H and O–H groups in total. The molecule has 10 aromatic rings. The molecule has 3 aromatic heterocycles. The van der Waals surface area contributed by atoms with Gasteiger partial charge in [-0.15, -0.1) is 0 Å². The van der Waals surface area contributed by atoms with Gasteiger partial charge in [0.2, 0.25) is 0 Å². The zero-order valence-electron chi connectivity index (χ0n) is 26.3. The fourth-order valence-corrected chi connectivity index (χ4v) is 7.59. The molecule has 47 heavy (non-hydrogen) atoms. The number of rotatable bonds is 2. The minimum atomic E-state index is 0.0521. The van der Waals surface area contributed by atoms with Gasteiger partial charge in [0.05, 0.1) is 6.26 Å². The first-order valence-electron chi connectivity index (χ1n) is 16.2. The summed E-state index contributed by atoms with van der Waals surface area (Å²) < 4.78 is 19.1. The molecule has 0 aliphatic heterocycles.